The van der Waals surface area contributed by atoms with E-state index in [-0.39, 0.29) is 11.4 Å². The molecule has 1 aromatic rings. The molecule has 2 rings (SSSR count). The van der Waals surface area contributed by atoms with Crippen LogP contribution in [0.2, 0.25) is 0 Å². The van der Waals surface area contributed by atoms with Crippen LogP contribution in [0.3, 0.4) is 0 Å². The first kappa shape index (κ1) is 9.93. The number of benzene rings is 1. The van der Waals surface area contributed by atoms with Crippen molar-refractivity contribution in [3.63, 3.8) is 0 Å². The van der Waals surface area contributed by atoms with E-state index in [1.165, 1.54) is 6.07 Å². The first-order chi connectivity index (χ1) is 6.65. The molecule has 1 aromatic carbocycles. The predicted octanol–water partition coefficient (Wildman–Crippen LogP) is 2.46. The van der Waals surface area contributed by atoms with Crippen molar-refractivity contribution < 1.29 is 9.13 Å². The molecule has 4 heteroatoms. The van der Waals surface area contributed by atoms with Gasteiger partial charge >= 0.3 is 0 Å². The van der Waals surface area contributed by atoms with E-state index in [9.17, 15) is 4.39 Å². The van der Waals surface area contributed by atoms with Crippen LogP contribution in [0.1, 0.15) is 12.8 Å². The predicted molar refractivity (Wildman–Crippen MR) is 55.7 cm³/mol. The van der Waals surface area contributed by atoms with Crippen LogP contribution in [-0.4, -0.2) is 12.1 Å². The summed E-state index contributed by atoms with van der Waals surface area (Å²) < 4.78 is 19.0. The van der Waals surface area contributed by atoms with E-state index in [0.717, 1.165) is 12.8 Å². The summed E-state index contributed by atoms with van der Waals surface area (Å²) in [5.41, 5.74) is 5.39. The summed E-state index contributed by atoms with van der Waals surface area (Å²) in [6.07, 6.45) is 1.97. The summed E-state index contributed by atoms with van der Waals surface area (Å²) >= 11 is 3.11. The average Bonchev–Trinajstić information content (AvgIpc) is 2.93. The minimum atomic E-state index is -0.282. The molecule has 0 aromatic heterocycles. The highest BCUT2D eigenvalue weighted by Crippen LogP contribution is 2.39. The topological polar surface area (TPSA) is 35.2 Å². The van der Waals surface area contributed by atoms with E-state index in [1.807, 2.05) is 0 Å². The molecule has 0 saturated heterocycles. The second-order valence-corrected chi connectivity index (χ2v) is 4.42. The maximum Gasteiger partial charge on any atom is 0.137 e. The minimum absolute atomic E-state index is 0.183. The number of hydrogen-bond donors (Lipinski definition) is 1. The molecule has 0 unspecified atom stereocenters. The van der Waals surface area contributed by atoms with E-state index < -0.39 is 0 Å². The van der Waals surface area contributed by atoms with Crippen LogP contribution in [0.5, 0.6) is 5.75 Å². The first-order valence-electron chi connectivity index (χ1n) is 4.49. The van der Waals surface area contributed by atoms with Gasteiger partial charge in [-0.05, 0) is 47.0 Å². The van der Waals surface area contributed by atoms with Crippen molar-refractivity contribution >= 4 is 15.9 Å². The number of rotatable bonds is 3. The Hall–Kier alpha value is -0.610. The van der Waals surface area contributed by atoms with Crippen molar-refractivity contribution in [2.24, 2.45) is 5.73 Å². The van der Waals surface area contributed by atoms with Gasteiger partial charge in [0.2, 0.25) is 0 Å². The van der Waals surface area contributed by atoms with Crippen molar-refractivity contribution in [3.8, 4) is 5.75 Å². The Labute approximate surface area is 90.4 Å². The fourth-order valence-corrected chi connectivity index (χ4v) is 1.64. The molecule has 76 valence electrons. The van der Waals surface area contributed by atoms with Crippen LogP contribution < -0.4 is 10.5 Å². The monoisotopic (exact) mass is 259 g/mol. The van der Waals surface area contributed by atoms with Gasteiger partial charge in [0.05, 0.1) is 4.47 Å². The molecular formula is C10H11BrFNO. The number of ether oxygens (including phenoxy) is 1. The van der Waals surface area contributed by atoms with Crippen LogP contribution in [0.25, 0.3) is 0 Å². The van der Waals surface area contributed by atoms with Crippen molar-refractivity contribution in [2.75, 3.05) is 6.54 Å². The molecule has 1 aliphatic carbocycles. The first-order valence-corrected chi connectivity index (χ1v) is 5.29. The normalized spacial score (nSPS) is 17.9. The lowest BCUT2D eigenvalue weighted by Gasteiger charge is -2.15. The quantitative estimate of drug-likeness (QED) is 0.906. The Bertz CT molecular complexity index is 352. The van der Waals surface area contributed by atoms with Gasteiger partial charge in [0.15, 0.2) is 0 Å². The van der Waals surface area contributed by atoms with Crippen LogP contribution in [0.15, 0.2) is 22.7 Å². The third kappa shape index (κ3) is 1.91. The zero-order valence-electron chi connectivity index (χ0n) is 7.59. The fraction of sp³-hybridized carbons (Fsp3) is 0.400. The molecule has 1 saturated carbocycles. The van der Waals surface area contributed by atoms with E-state index in [2.05, 4.69) is 15.9 Å². The van der Waals surface area contributed by atoms with E-state index in [0.29, 0.717) is 16.8 Å². The molecule has 0 radical (unpaired) electrons. The minimum Gasteiger partial charge on any atom is -0.486 e. The lowest BCUT2D eigenvalue weighted by molar-refractivity contribution is 0.187. The van der Waals surface area contributed by atoms with Gasteiger partial charge in [0, 0.05) is 6.54 Å². The maximum atomic E-state index is 12.9. The van der Waals surface area contributed by atoms with Gasteiger partial charge in [-0.15, -0.1) is 0 Å². The average molecular weight is 260 g/mol. The van der Waals surface area contributed by atoms with Crippen molar-refractivity contribution in [2.45, 2.75) is 18.4 Å². The van der Waals surface area contributed by atoms with Gasteiger partial charge in [-0.2, -0.15) is 0 Å². The molecule has 14 heavy (non-hydrogen) atoms. The van der Waals surface area contributed by atoms with Crippen LogP contribution in [-0.2, 0) is 0 Å². The van der Waals surface area contributed by atoms with Crippen molar-refractivity contribution in [1.82, 2.24) is 0 Å². The summed E-state index contributed by atoms with van der Waals surface area (Å²) in [6, 6.07) is 4.63. The molecule has 0 aliphatic heterocycles. The lowest BCUT2D eigenvalue weighted by Crippen LogP contribution is -2.28. The van der Waals surface area contributed by atoms with Crippen LogP contribution in [0.4, 0.5) is 4.39 Å². The SMILES string of the molecule is NCC1(Oc2ccc(F)c(Br)c2)CC1. The smallest absolute Gasteiger partial charge is 0.137 e. The maximum absolute atomic E-state index is 12.9. The molecule has 0 atom stereocenters. The highest BCUT2D eigenvalue weighted by atomic mass is 79.9. The fourth-order valence-electron chi connectivity index (χ4n) is 1.28. The largest absolute Gasteiger partial charge is 0.486 e. The summed E-state index contributed by atoms with van der Waals surface area (Å²) in [5, 5.41) is 0. The number of nitrogens with two attached hydrogens (primary N) is 1. The van der Waals surface area contributed by atoms with Gasteiger partial charge in [0.1, 0.15) is 17.2 Å². The third-order valence-electron chi connectivity index (χ3n) is 2.41. The van der Waals surface area contributed by atoms with E-state index in [4.69, 9.17) is 10.5 Å². The molecule has 0 heterocycles. The van der Waals surface area contributed by atoms with Crippen molar-refractivity contribution in [3.05, 3.63) is 28.5 Å². The zero-order valence-corrected chi connectivity index (χ0v) is 9.18. The summed E-state index contributed by atoms with van der Waals surface area (Å²) in [6.45, 7) is 0.516. The van der Waals surface area contributed by atoms with Gasteiger partial charge < -0.3 is 10.5 Å². The standard InChI is InChI=1S/C10H11BrFNO/c11-8-5-7(1-2-9(8)12)14-10(6-13)3-4-10/h1-2,5H,3-4,6,13H2. The molecule has 0 spiro atoms. The Morgan fingerprint density at radius 3 is 2.71 bits per heavy atom. The summed E-state index contributed by atoms with van der Waals surface area (Å²) in [5.74, 6) is 0.385. The molecular weight excluding hydrogens is 249 g/mol. The molecule has 2 nitrogen and oxygen atoms in total. The molecule has 2 N–H and O–H groups in total. The molecule has 1 fully saturated rings. The van der Waals surface area contributed by atoms with Crippen molar-refractivity contribution in [1.29, 1.82) is 0 Å². The summed E-state index contributed by atoms with van der Waals surface area (Å²) in [4.78, 5) is 0. The Balaban J connectivity index is 2.14. The van der Waals surface area contributed by atoms with Gasteiger partial charge in [-0.25, -0.2) is 4.39 Å². The van der Waals surface area contributed by atoms with Gasteiger partial charge in [-0.1, -0.05) is 0 Å². The molecule has 0 amide bonds. The summed E-state index contributed by atoms with van der Waals surface area (Å²) in [7, 11) is 0. The van der Waals surface area contributed by atoms with Crippen LogP contribution in [0, 0.1) is 5.82 Å². The highest BCUT2D eigenvalue weighted by Gasteiger charge is 2.44. The number of hydrogen-bond acceptors (Lipinski definition) is 2. The third-order valence-corrected chi connectivity index (χ3v) is 3.01. The second-order valence-electron chi connectivity index (χ2n) is 3.57. The molecule has 1 aliphatic rings. The van der Waals surface area contributed by atoms with Crippen LogP contribution >= 0.6 is 15.9 Å². The zero-order chi connectivity index (χ0) is 10.2. The van der Waals surface area contributed by atoms with Gasteiger partial charge in [0.25, 0.3) is 0 Å². The Kier molecular flexibility index (Phi) is 2.49. The van der Waals surface area contributed by atoms with Gasteiger partial charge in [-0.3, -0.25) is 0 Å². The lowest BCUT2D eigenvalue weighted by atomic mass is 10.3. The second kappa shape index (κ2) is 3.51. The van der Waals surface area contributed by atoms with E-state index >= 15 is 0 Å². The number of halogens is 2. The molecule has 0 bridgehead atoms. The van der Waals surface area contributed by atoms with E-state index in [1.54, 1.807) is 12.1 Å². The Morgan fingerprint density at radius 1 is 1.50 bits per heavy atom. The Morgan fingerprint density at radius 2 is 2.21 bits per heavy atom. The highest BCUT2D eigenvalue weighted by molar-refractivity contribution is 9.10.